The number of nitrogens with one attached hydrogen (secondary N) is 1. The van der Waals surface area contributed by atoms with E-state index in [0.717, 1.165) is 23.2 Å². The Hall–Kier alpha value is -3.05. The molecule has 0 spiro atoms. The van der Waals surface area contributed by atoms with E-state index in [1.54, 1.807) is 0 Å². The number of rotatable bonds is 7. The first-order valence-electron chi connectivity index (χ1n) is 13.1. The Morgan fingerprint density at radius 3 is 1.95 bits per heavy atom. The summed E-state index contributed by atoms with van der Waals surface area (Å²) in [4.78, 5) is 15.6. The fourth-order valence-electron chi connectivity index (χ4n) is 4.39. The van der Waals surface area contributed by atoms with Crippen LogP contribution in [-0.4, -0.2) is 37.2 Å². The third-order valence-electron chi connectivity index (χ3n) is 6.40. The minimum Gasteiger partial charge on any atom is -0.465 e. The molecule has 37 heavy (non-hydrogen) atoms. The monoisotopic (exact) mass is 504 g/mol. The number of carbonyl (C=O) groups excluding carboxylic acids is 1. The maximum absolute atomic E-state index is 13.3. The van der Waals surface area contributed by atoms with Crippen LogP contribution < -0.4 is 10.2 Å². The van der Waals surface area contributed by atoms with Crippen LogP contribution in [0.5, 0.6) is 0 Å². The van der Waals surface area contributed by atoms with Gasteiger partial charge in [0.05, 0.1) is 12.7 Å². The average molecular weight is 505 g/mol. The number of methoxy groups -OCH3 is 1. The smallest absolute Gasteiger partial charge is 0.342 e. The fraction of sp³-hybridized carbons (Fsp3) is 0.469. The van der Waals surface area contributed by atoms with Crippen molar-refractivity contribution in [3.05, 3.63) is 65.7 Å². The minimum atomic E-state index is -0.412. The first-order valence-corrected chi connectivity index (χ1v) is 13.1. The number of hydrogen-bond donors (Lipinski definition) is 1. The van der Waals surface area contributed by atoms with E-state index in [0.29, 0.717) is 23.8 Å². The predicted octanol–water partition coefficient (Wildman–Crippen LogP) is 7.69. The zero-order valence-corrected chi connectivity index (χ0v) is 24.3. The number of furan rings is 1. The SMILES string of the molecule is COC(=O)c1c(-c2ccc(C(C)(C)C)cc2)oc(N(CCNC(C)(C)C)C(C)(C)C)c1-c1ccccc1. The summed E-state index contributed by atoms with van der Waals surface area (Å²) >= 11 is 0. The average Bonchev–Trinajstić information content (AvgIpc) is 3.20. The van der Waals surface area contributed by atoms with Crippen LogP contribution >= 0.6 is 0 Å². The highest BCUT2D eigenvalue weighted by atomic mass is 16.5. The molecule has 0 aliphatic heterocycles. The third kappa shape index (κ3) is 6.84. The zero-order valence-electron chi connectivity index (χ0n) is 24.3. The van der Waals surface area contributed by atoms with E-state index in [1.165, 1.54) is 12.7 Å². The molecule has 2 aromatic carbocycles. The third-order valence-corrected chi connectivity index (χ3v) is 6.40. The van der Waals surface area contributed by atoms with E-state index in [2.05, 4.69) is 84.7 Å². The number of benzene rings is 2. The summed E-state index contributed by atoms with van der Waals surface area (Å²) < 4.78 is 12.0. The molecule has 1 aromatic heterocycles. The second-order valence-electron chi connectivity index (χ2n) is 12.7. The van der Waals surface area contributed by atoms with Gasteiger partial charge in [-0.1, -0.05) is 75.4 Å². The number of ether oxygens (including phenoxy) is 1. The Balaban J connectivity index is 2.27. The van der Waals surface area contributed by atoms with Gasteiger partial charge in [-0.3, -0.25) is 0 Å². The van der Waals surface area contributed by atoms with Gasteiger partial charge in [0, 0.05) is 29.7 Å². The molecule has 3 aromatic rings. The summed E-state index contributed by atoms with van der Waals surface area (Å²) in [6.45, 7) is 21.0. The molecule has 0 aliphatic rings. The second kappa shape index (κ2) is 10.7. The van der Waals surface area contributed by atoms with Gasteiger partial charge in [0.25, 0.3) is 0 Å². The van der Waals surface area contributed by atoms with Crippen LogP contribution in [0.2, 0.25) is 0 Å². The van der Waals surface area contributed by atoms with Crippen molar-refractivity contribution in [1.82, 2.24) is 5.32 Å². The van der Waals surface area contributed by atoms with E-state index in [-0.39, 0.29) is 16.5 Å². The van der Waals surface area contributed by atoms with Gasteiger partial charge < -0.3 is 19.4 Å². The number of anilines is 1. The first kappa shape index (κ1) is 28.5. The lowest BCUT2D eigenvalue weighted by molar-refractivity contribution is 0.0602. The van der Waals surface area contributed by atoms with Gasteiger partial charge in [0.2, 0.25) is 5.88 Å². The highest BCUT2D eigenvalue weighted by molar-refractivity contribution is 6.06. The molecular weight excluding hydrogens is 460 g/mol. The Labute approximate surface area is 223 Å². The predicted molar refractivity (Wildman–Crippen MR) is 154 cm³/mol. The minimum absolute atomic E-state index is 0.00782. The summed E-state index contributed by atoms with van der Waals surface area (Å²) in [5, 5.41) is 3.59. The van der Waals surface area contributed by atoms with Gasteiger partial charge in [0.1, 0.15) is 5.56 Å². The maximum atomic E-state index is 13.3. The van der Waals surface area contributed by atoms with Crippen molar-refractivity contribution in [1.29, 1.82) is 0 Å². The normalized spacial score (nSPS) is 12.5. The molecule has 1 heterocycles. The molecule has 0 bridgehead atoms. The van der Waals surface area contributed by atoms with Crippen LogP contribution in [-0.2, 0) is 10.2 Å². The molecule has 5 heteroatoms. The Morgan fingerprint density at radius 2 is 1.46 bits per heavy atom. The molecule has 0 aliphatic carbocycles. The fourth-order valence-corrected chi connectivity index (χ4v) is 4.39. The van der Waals surface area contributed by atoms with Crippen molar-refractivity contribution < 1.29 is 13.9 Å². The lowest BCUT2D eigenvalue weighted by Gasteiger charge is -2.37. The summed E-state index contributed by atoms with van der Waals surface area (Å²) in [5.41, 5.74) is 3.94. The van der Waals surface area contributed by atoms with Crippen molar-refractivity contribution >= 4 is 11.9 Å². The second-order valence-corrected chi connectivity index (χ2v) is 12.7. The standard InChI is InChI=1S/C32H44N2O3/c1-30(2,3)24-18-16-23(17-19-24)27-26(29(35)36-10)25(22-14-12-11-13-15-22)28(37-27)34(32(7,8)9)21-20-33-31(4,5)6/h11-19,33H,20-21H2,1-10H3. The van der Waals surface area contributed by atoms with Crippen molar-refractivity contribution in [2.24, 2.45) is 0 Å². The molecule has 0 amide bonds. The first-order chi connectivity index (χ1) is 17.1. The van der Waals surface area contributed by atoms with Crippen LogP contribution in [0.1, 0.15) is 78.2 Å². The molecule has 0 unspecified atom stereocenters. The molecular formula is C32H44N2O3. The zero-order chi connectivity index (χ0) is 27.6. The number of esters is 1. The summed E-state index contributed by atoms with van der Waals surface area (Å²) in [5.74, 6) is 0.786. The lowest BCUT2D eigenvalue weighted by Crippen LogP contribution is -2.48. The lowest BCUT2D eigenvalue weighted by atomic mass is 9.86. The van der Waals surface area contributed by atoms with Crippen LogP contribution in [0.15, 0.2) is 59.0 Å². The summed E-state index contributed by atoms with van der Waals surface area (Å²) in [6.07, 6.45) is 0. The van der Waals surface area contributed by atoms with Crippen LogP contribution in [0.3, 0.4) is 0 Å². The number of nitrogens with zero attached hydrogens (tertiary/aromatic N) is 1. The largest absolute Gasteiger partial charge is 0.465 e. The van der Waals surface area contributed by atoms with Crippen molar-refractivity contribution in [3.63, 3.8) is 0 Å². The molecule has 3 rings (SSSR count). The Bertz CT molecular complexity index is 1190. The van der Waals surface area contributed by atoms with Crippen LogP contribution in [0.4, 0.5) is 5.88 Å². The Morgan fingerprint density at radius 1 is 0.865 bits per heavy atom. The van der Waals surface area contributed by atoms with Crippen molar-refractivity contribution in [2.45, 2.75) is 78.8 Å². The molecule has 0 fully saturated rings. The van der Waals surface area contributed by atoms with Gasteiger partial charge in [-0.15, -0.1) is 0 Å². The highest BCUT2D eigenvalue weighted by Crippen LogP contribution is 2.45. The molecule has 0 saturated carbocycles. The molecule has 0 saturated heterocycles. The Kier molecular flexibility index (Phi) is 8.28. The summed E-state index contributed by atoms with van der Waals surface area (Å²) in [7, 11) is 1.42. The molecule has 200 valence electrons. The van der Waals surface area contributed by atoms with Gasteiger partial charge in [-0.05, 0) is 58.1 Å². The quantitative estimate of drug-likeness (QED) is 0.334. The maximum Gasteiger partial charge on any atom is 0.342 e. The van der Waals surface area contributed by atoms with E-state index in [4.69, 9.17) is 9.15 Å². The van der Waals surface area contributed by atoms with Crippen LogP contribution in [0.25, 0.3) is 22.5 Å². The molecule has 0 atom stereocenters. The number of carbonyl (C=O) groups is 1. The van der Waals surface area contributed by atoms with E-state index >= 15 is 0 Å². The van der Waals surface area contributed by atoms with Gasteiger partial charge >= 0.3 is 5.97 Å². The van der Waals surface area contributed by atoms with Crippen molar-refractivity contribution in [3.8, 4) is 22.5 Å². The molecule has 0 radical (unpaired) electrons. The van der Waals surface area contributed by atoms with Crippen LogP contribution in [0, 0.1) is 0 Å². The van der Waals surface area contributed by atoms with E-state index in [1.807, 2.05) is 42.5 Å². The highest BCUT2D eigenvalue weighted by Gasteiger charge is 2.34. The van der Waals surface area contributed by atoms with Crippen molar-refractivity contribution in [2.75, 3.05) is 25.1 Å². The van der Waals surface area contributed by atoms with E-state index in [9.17, 15) is 4.79 Å². The topological polar surface area (TPSA) is 54.7 Å². The molecule has 5 nitrogen and oxygen atoms in total. The number of hydrogen-bond acceptors (Lipinski definition) is 5. The van der Waals surface area contributed by atoms with Gasteiger partial charge in [0.15, 0.2) is 5.76 Å². The summed E-state index contributed by atoms with van der Waals surface area (Å²) in [6, 6.07) is 18.2. The van der Waals surface area contributed by atoms with E-state index < -0.39 is 5.97 Å². The van der Waals surface area contributed by atoms with Gasteiger partial charge in [-0.25, -0.2) is 4.79 Å². The molecule has 1 N–H and O–H groups in total. The van der Waals surface area contributed by atoms with Gasteiger partial charge in [-0.2, -0.15) is 0 Å².